The van der Waals surface area contributed by atoms with E-state index in [2.05, 4.69) is 5.32 Å². The van der Waals surface area contributed by atoms with Gasteiger partial charge in [-0.15, -0.1) is 0 Å². The molecule has 1 amide bonds. The Hall–Kier alpha value is -3.07. The molecule has 2 aromatic rings. The number of carbonyl (C=O) groups excluding carboxylic acids is 2. The van der Waals surface area contributed by atoms with E-state index in [1.807, 2.05) is 30.3 Å². The van der Waals surface area contributed by atoms with E-state index >= 15 is 0 Å². The number of ether oxygens (including phenoxy) is 2. The number of carbonyl (C=O) groups is 2. The fourth-order valence-corrected chi connectivity index (χ4v) is 3.06. The van der Waals surface area contributed by atoms with Crippen molar-refractivity contribution in [1.29, 1.82) is 0 Å². The third kappa shape index (κ3) is 9.08. The number of nitrogens with one attached hydrogen (secondary N) is 1. The standard InChI is InChI=1S/C22H27NO7S/c1-22(2,3)29-20(24)19(17-10-12-18(13-11-17)30-31(4,26)27)14-23-21(25)28-15-16-8-6-5-7-9-16/h5-13,19H,14-15H2,1-4H3,(H,23,25). The second-order valence-corrected chi connectivity index (χ2v) is 9.46. The zero-order valence-corrected chi connectivity index (χ0v) is 18.8. The summed E-state index contributed by atoms with van der Waals surface area (Å²) in [5.74, 6) is -1.24. The zero-order chi connectivity index (χ0) is 23.1. The van der Waals surface area contributed by atoms with E-state index in [1.165, 1.54) is 12.1 Å². The number of alkyl carbamates (subject to hydrolysis) is 1. The van der Waals surface area contributed by atoms with Crippen molar-refractivity contribution in [2.75, 3.05) is 12.8 Å². The van der Waals surface area contributed by atoms with E-state index in [0.29, 0.717) is 5.56 Å². The summed E-state index contributed by atoms with van der Waals surface area (Å²) in [5.41, 5.74) is 0.643. The van der Waals surface area contributed by atoms with Crippen LogP contribution in [0.4, 0.5) is 4.79 Å². The van der Waals surface area contributed by atoms with E-state index in [1.54, 1.807) is 32.9 Å². The second-order valence-electron chi connectivity index (χ2n) is 7.89. The Balaban J connectivity index is 2.07. The molecule has 0 aliphatic heterocycles. The molecule has 0 saturated heterocycles. The lowest BCUT2D eigenvalue weighted by atomic mass is 9.98. The summed E-state index contributed by atoms with van der Waals surface area (Å²) >= 11 is 0. The van der Waals surface area contributed by atoms with Crippen molar-refractivity contribution in [2.45, 2.75) is 38.9 Å². The van der Waals surface area contributed by atoms with Gasteiger partial charge in [0.15, 0.2) is 0 Å². The highest BCUT2D eigenvalue weighted by Gasteiger charge is 2.27. The Labute approximate surface area is 182 Å². The minimum absolute atomic E-state index is 0.0607. The molecule has 2 rings (SSSR count). The summed E-state index contributed by atoms with van der Waals surface area (Å²) in [5, 5.41) is 2.58. The van der Waals surface area contributed by atoms with E-state index in [-0.39, 0.29) is 18.9 Å². The molecule has 1 N–H and O–H groups in total. The van der Waals surface area contributed by atoms with Gasteiger partial charge in [-0.1, -0.05) is 42.5 Å². The van der Waals surface area contributed by atoms with Gasteiger partial charge in [0.2, 0.25) is 0 Å². The smallest absolute Gasteiger partial charge is 0.407 e. The Morgan fingerprint density at radius 1 is 1.00 bits per heavy atom. The van der Waals surface area contributed by atoms with Crippen LogP contribution in [0.25, 0.3) is 0 Å². The number of amides is 1. The summed E-state index contributed by atoms with van der Waals surface area (Å²) in [6, 6.07) is 15.2. The third-order valence-corrected chi connectivity index (χ3v) is 4.38. The average molecular weight is 450 g/mol. The maximum absolute atomic E-state index is 12.7. The molecule has 31 heavy (non-hydrogen) atoms. The van der Waals surface area contributed by atoms with Crippen molar-refractivity contribution in [3.8, 4) is 5.75 Å². The van der Waals surface area contributed by atoms with Gasteiger partial charge >= 0.3 is 22.2 Å². The summed E-state index contributed by atoms with van der Waals surface area (Å²) in [6.45, 7) is 5.27. The topological polar surface area (TPSA) is 108 Å². The van der Waals surface area contributed by atoms with E-state index in [4.69, 9.17) is 13.7 Å². The van der Waals surface area contributed by atoms with Gasteiger partial charge in [0.05, 0.1) is 12.2 Å². The van der Waals surface area contributed by atoms with Crippen molar-refractivity contribution in [1.82, 2.24) is 5.32 Å². The molecule has 1 unspecified atom stereocenters. The summed E-state index contributed by atoms with van der Waals surface area (Å²) in [7, 11) is -3.67. The Kier molecular flexibility index (Phi) is 8.04. The predicted octanol–water partition coefficient (Wildman–Crippen LogP) is 3.38. The largest absolute Gasteiger partial charge is 0.459 e. The Bertz CT molecular complexity index is 981. The van der Waals surface area contributed by atoms with Crippen molar-refractivity contribution in [3.05, 3.63) is 65.7 Å². The first-order valence-corrected chi connectivity index (χ1v) is 11.4. The molecule has 8 nitrogen and oxygen atoms in total. The molecule has 0 saturated carbocycles. The molecule has 0 fully saturated rings. The van der Waals surface area contributed by atoms with E-state index < -0.39 is 33.7 Å². The lowest BCUT2D eigenvalue weighted by Crippen LogP contribution is -2.35. The van der Waals surface area contributed by atoms with Crippen LogP contribution in [0.2, 0.25) is 0 Å². The molecule has 2 aromatic carbocycles. The van der Waals surface area contributed by atoms with Crippen molar-refractivity contribution in [2.24, 2.45) is 0 Å². The Morgan fingerprint density at radius 2 is 1.61 bits per heavy atom. The number of esters is 1. The zero-order valence-electron chi connectivity index (χ0n) is 18.0. The van der Waals surface area contributed by atoms with Crippen LogP contribution >= 0.6 is 0 Å². The van der Waals surface area contributed by atoms with Crippen LogP contribution in [0.5, 0.6) is 5.75 Å². The first-order chi connectivity index (χ1) is 14.4. The second kappa shape index (κ2) is 10.3. The van der Waals surface area contributed by atoms with Crippen LogP contribution in [-0.2, 0) is 31.0 Å². The highest BCUT2D eigenvalue weighted by Crippen LogP contribution is 2.23. The van der Waals surface area contributed by atoms with Gasteiger partial charge < -0.3 is 19.0 Å². The molecule has 0 aliphatic carbocycles. The molecule has 0 aromatic heterocycles. The number of rotatable bonds is 8. The SMILES string of the molecule is CC(C)(C)OC(=O)C(CNC(=O)OCc1ccccc1)c1ccc(OS(C)(=O)=O)cc1. The minimum atomic E-state index is -3.67. The summed E-state index contributed by atoms with van der Waals surface area (Å²) in [6.07, 6.45) is 0.268. The molecule has 9 heteroatoms. The summed E-state index contributed by atoms with van der Waals surface area (Å²) < 4.78 is 38.0. The first-order valence-electron chi connectivity index (χ1n) is 9.60. The van der Waals surface area contributed by atoms with Gasteiger partial charge in [-0.2, -0.15) is 8.42 Å². The van der Waals surface area contributed by atoms with Gasteiger partial charge in [0.1, 0.15) is 18.0 Å². The molecule has 0 spiro atoms. The molecule has 168 valence electrons. The predicted molar refractivity (Wildman–Crippen MR) is 115 cm³/mol. The molecule has 0 aliphatic rings. The Morgan fingerprint density at radius 3 is 2.16 bits per heavy atom. The molecular formula is C22H27NO7S. The van der Waals surface area contributed by atoms with Gasteiger partial charge in [-0.05, 0) is 44.0 Å². The average Bonchev–Trinajstić information content (AvgIpc) is 2.66. The molecule has 0 bridgehead atoms. The van der Waals surface area contributed by atoms with Crippen LogP contribution < -0.4 is 9.50 Å². The maximum Gasteiger partial charge on any atom is 0.407 e. The molecule has 0 radical (unpaired) electrons. The van der Waals surface area contributed by atoms with Gasteiger partial charge in [-0.3, -0.25) is 4.79 Å². The van der Waals surface area contributed by atoms with E-state index in [0.717, 1.165) is 11.8 Å². The van der Waals surface area contributed by atoms with Crippen molar-refractivity contribution >= 4 is 22.2 Å². The maximum atomic E-state index is 12.7. The first kappa shape index (κ1) is 24.2. The molecule has 1 atom stereocenters. The van der Waals surface area contributed by atoms with Gasteiger partial charge in [0.25, 0.3) is 0 Å². The van der Waals surface area contributed by atoms with Crippen molar-refractivity contribution in [3.63, 3.8) is 0 Å². The number of hydrogen-bond acceptors (Lipinski definition) is 7. The van der Waals surface area contributed by atoms with Crippen molar-refractivity contribution < 1.29 is 31.7 Å². The summed E-state index contributed by atoms with van der Waals surface area (Å²) in [4.78, 5) is 24.8. The minimum Gasteiger partial charge on any atom is -0.459 e. The number of hydrogen-bond donors (Lipinski definition) is 1. The highest BCUT2D eigenvalue weighted by atomic mass is 32.2. The lowest BCUT2D eigenvalue weighted by molar-refractivity contribution is -0.156. The van der Waals surface area contributed by atoms with Gasteiger partial charge in [0, 0.05) is 6.54 Å². The monoisotopic (exact) mass is 449 g/mol. The van der Waals surface area contributed by atoms with E-state index in [9.17, 15) is 18.0 Å². The number of benzene rings is 2. The van der Waals surface area contributed by atoms with Crippen LogP contribution in [-0.4, -0.2) is 38.9 Å². The van der Waals surface area contributed by atoms with Crippen LogP contribution in [0.15, 0.2) is 54.6 Å². The fourth-order valence-electron chi connectivity index (χ4n) is 2.60. The molecule has 0 heterocycles. The third-order valence-electron chi connectivity index (χ3n) is 3.88. The lowest BCUT2D eigenvalue weighted by Gasteiger charge is -2.24. The van der Waals surface area contributed by atoms with Crippen LogP contribution in [0.3, 0.4) is 0 Å². The fraction of sp³-hybridized carbons (Fsp3) is 0.364. The van der Waals surface area contributed by atoms with Crippen LogP contribution in [0, 0.1) is 0 Å². The van der Waals surface area contributed by atoms with Gasteiger partial charge in [-0.25, -0.2) is 4.79 Å². The molecular weight excluding hydrogens is 422 g/mol. The highest BCUT2D eigenvalue weighted by molar-refractivity contribution is 7.86. The van der Waals surface area contributed by atoms with Crippen LogP contribution in [0.1, 0.15) is 37.8 Å². The normalized spacial score (nSPS) is 12.5. The quantitative estimate of drug-likeness (QED) is 0.486.